The number of rotatable bonds is 9. The largest absolute Gasteiger partial charge is 0.490 e. The number of hydrogen-bond donors (Lipinski definition) is 3. The van der Waals surface area contributed by atoms with Crippen LogP contribution in [0.1, 0.15) is 41.0 Å². The molecule has 0 unspecified atom stereocenters. The van der Waals surface area contributed by atoms with Crippen molar-refractivity contribution in [2.24, 2.45) is 0 Å². The molecule has 3 amide bonds. The van der Waals surface area contributed by atoms with Gasteiger partial charge in [-0.15, -0.1) is 0 Å². The molecule has 0 atom stereocenters. The molecule has 2 aromatic carbocycles. The maximum Gasteiger partial charge on any atom is 0.349 e. The van der Waals surface area contributed by atoms with Gasteiger partial charge in [-0.25, -0.2) is 4.79 Å². The molecule has 1 aromatic heterocycles. The van der Waals surface area contributed by atoms with Crippen LogP contribution in [-0.4, -0.2) is 37.4 Å². The van der Waals surface area contributed by atoms with Crippen LogP contribution in [0, 0.1) is 0 Å². The maximum atomic E-state index is 12.6. The van der Waals surface area contributed by atoms with Crippen LogP contribution in [0.3, 0.4) is 0 Å². The van der Waals surface area contributed by atoms with Crippen molar-refractivity contribution in [1.29, 1.82) is 0 Å². The zero-order valence-electron chi connectivity index (χ0n) is 18.4. The van der Waals surface area contributed by atoms with E-state index in [1.807, 2.05) is 6.92 Å². The molecule has 0 fully saturated rings. The fourth-order valence-corrected chi connectivity index (χ4v) is 3.05. The fourth-order valence-electron chi connectivity index (χ4n) is 3.05. The minimum absolute atomic E-state index is 0.0838. The third kappa shape index (κ3) is 5.97. The van der Waals surface area contributed by atoms with Crippen LogP contribution in [0.15, 0.2) is 57.7 Å². The molecule has 0 bridgehead atoms. The molecular weight excluding hydrogens is 426 g/mol. The van der Waals surface area contributed by atoms with Crippen molar-refractivity contribution in [2.75, 3.05) is 25.0 Å². The quantitative estimate of drug-likeness (QED) is 0.339. The number of carbonyl (C=O) groups excluding carboxylic acids is 3. The van der Waals surface area contributed by atoms with Crippen LogP contribution in [0.5, 0.6) is 5.75 Å². The average molecular weight is 451 g/mol. The summed E-state index contributed by atoms with van der Waals surface area (Å²) >= 11 is 0. The van der Waals surface area contributed by atoms with Gasteiger partial charge in [0.2, 0.25) is 5.91 Å². The Morgan fingerprint density at radius 3 is 2.36 bits per heavy atom. The second-order valence-corrected chi connectivity index (χ2v) is 7.05. The van der Waals surface area contributed by atoms with Crippen molar-refractivity contribution in [3.05, 3.63) is 70.1 Å². The molecule has 0 aliphatic rings. The van der Waals surface area contributed by atoms with Crippen LogP contribution in [0.25, 0.3) is 11.0 Å². The van der Waals surface area contributed by atoms with Crippen molar-refractivity contribution < 1.29 is 23.5 Å². The van der Waals surface area contributed by atoms with Gasteiger partial charge in [-0.3, -0.25) is 14.4 Å². The SMILES string of the molecule is CCOc1cccc2cc(C(=O)Nc3ccc(C(=O)NCCNC(=O)CC)cc3)c(=O)oc12. The summed E-state index contributed by atoms with van der Waals surface area (Å²) < 4.78 is 10.8. The lowest BCUT2D eigenvalue weighted by molar-refractivity contribution is -0.120. The van der Waals surface area contributed by atoms with E-state index in [0.717, 1.165) is 0 Å². The first-order chi connectivity index (χ1) is 15.9. The van der Waals surface area contributed by atoms with Crippen molar-refractivity contribution in [2.45, 2.75) is 20.3 Å². The van der Waals surface area contributed by atoms with Crippen LogP contribution >= 0.6 is 0 Å². The highest BCUT2D eigenvalue weighted by Crippen LogP contribution is 2.25. The number of para-hydroxylation sites is 1. The lowest BCUT2D eigenvalue weighted by atomic mass is 10.1. The molecule has 0 radical (unpaired) electrons. The number of carbonyl (C=O) groups is 3. The van der Waals surface area contributed by atoms with Gasteiger partial charge in [-0.1, -0.05) is 19.1 Å². The molecule has 33 heavy (non-hydrogen) atoms. The average Bonchev–Trinajstić information content (AvgIpc) is 2.82. The molecule has 9 nitrogen and oxygen atoms in total. The topological polar surface area (TPSA) is 127 Å². The maximum absolute atomic E-state index is 12.6. The highest BCUT2D eigenvalue weighted by atomic mass is 16.5. The first-order valence-electron chi connectivity index (χ1n) is 10.6. The Balaban J connectivity index is 1.65. The minimum Gasteiger partial charge on any atom is -0.490 e. The summed E-state index contributed by atoms with van der Waals surface area (Å²) in [4.78, 5) is 48.4. The molecule has 0 aliphatic heterocycles. The van der Waals surface area contributed by atoms with Gasteiger partial charge in [0.1, 0.15) is 5.56 Å². The highest BCUT2D eigenvalue weighted by molar-refractivity contribution is 6.06. The number of nitrogens with one attached hydrogen (secondary N) is 3. The standard InChI is InChI=1S/C24H25N3O6/c1-3-20(28)25-12-13-26-22(29)15-8-10-17(11-9-15)27-23(30)18-14-16-6-5-7-19(32-4-2)21(16)33-24(18)31/h5-11,14H,3-4,12-13H2,1-2H3,(H,25,28)(H,26,29)(H,27,30). The summed E-state index contributed by atoms with van der Waals surface area (Å²) in [5.74, 6) is -0.588. The van der Waals surface area contributed by atoms with E-state index in [4.69, 9.17) is 9.15 Å². The van der Waals surface area contributed by atoms with E-state index in [-0.39, 0.29) is 23.0 Å². The molecule has 1 heterocycles. The smallest absolute Gasteiger partial charge is 0.349 e. The third-order valence-corrected chi connectivity index (χ3v) is 4.73. The third-order valence-electron chi connectivity index (χ3n) is 4.73. The Morgan fingerprint density at radius 1 is 0.939 bits per heavy atom. The Labute approximate surface area is 190 Å². The Bertz CT molecular complexity index is 1220. The number of hydrogen-bond acceptors (Lipinski definition) is 6. The van der Waals surface area contributed by atoms with Crippen molar-refractivity contribution in [3.8, 4) is 5.75 Å². The highest BCUT2D eigenvalue weighted by Gasteiger charge is 2.16. The second kappa shape index (κ2) is 10.9. The molecule has 172 valence electrons. The number of anilines is 1. The Hall–Kier alpha value is -4.14. The molecule has 0 aliphatic carbocycles. The lowest BCUT2D eigenvalue weighted by Crippen LogP contribution is -2.34. The van der Waals surface area contributed by atoms with E-state index in [0.29, 0.717) is 48.5 Å². The predicted molar refractivity (Wildman–Crippen MR) is 124 cm³/mol. The van der Waals surface area contributed by atoms with Gasteiger partial charge in [-0.2, -0.15) is 0 Å². The van der Waals surface area contributed by atoms with E-state index in [1.165, 1.54) is 6.07 Å². The summed E-state index contributed by atoms with van der Waals surface area (Å²) in [6, 6.07) is 12.8. The summed E-state index contributed by atoms with van der Waals surface area (Å²) in [5, 5.41) is 8.56. The fraction of sp³-hybridized carbons (Fsp3) is 0.250. The van der Waals surface area contributed by atoms with E-state index >= 15 is 0 Å². The summed E-state index contributed by atoms with van der Waals surface area (Å²) in [7, 11) is 0. The molecule has 0 spiro atoms. The van der Waals surface area contributed by atoms with Crippen LogP contribution < -0.4 is 26.3 Å². The van der Waals surface area contributed by atoms with Crippen LogP contribution in [0.2, 0.25) is 0 Å². The zero-order valence-corrected chi connectivity index (χ0v) is 18.4. The lowest BCUT2D eigenvalue weighted by Gasteiger charge is -2.09. The molecule has 9 heteroatoms. The first-order valence-corrected chi connectivity index (χ1v) is 10.6. The van der Waals surface area contributed by atoms with Crippen LogP contribution in [-0.2, 0) is 4.79 Å². The zero-order chi connectivity index (χ0) is 23.8. The van der Waals surface area contributed by atoms with Crippen LogP contribution in [0.4, 0.5) is 5.69 Å². The van der Waals surface area contributed by atoms with Crippen molar-refractivity contribution in [3.63, 3.8) is 0 Å². The number of amides is 3. The second-order valence-electron chi connectivity index (χ2n) is 7.05. The number of fused-ring (bicyclic) bond motifs is 1. The van der Waals surface area contributed by atoms with E-state index < -0.39 is 11.5 Å². The normalized spacial score (nSPS) is 10.5. The van der Waals surface area contributed by atoms with Gasteiger partial charge in [0.25, 0.3) is 11.8 Å². The van der Waals surface area contributed by atoms with E-state index in [9.17, 15) is 19.2 Å². The Morgan fingerprint density at radius 2 is 1.67 bits per heavy atom. The summed E-state index contributed by atoms with van der Waals surface area (Å²) in [5.41, 5.74) is 0.161. The molecule has 3 N–H and O–H groups in total. The predicted octanol–water partition coefficient (Wildman–Crippen LogP) is 2.70. The van der Waals surface area contributed by atoms with Crippen molar-refractivity contribution in [1.82, 2.24) is 10.6 Å². The van der Waals surface area contributed by atoms with Gasteiger partial charge in [-0.05, 0) is 43.3 Å². The Kier molecular flexibility index (Phi) is 7.80. The van der Waals surface area contributed by atoms with E-state index in [1.54, 1.807) is 49.4 Å². The van der Waals surface area contributed by atoms with Crippen molar-refractivity contribution >= 4 is 34.4 Å². The molecule has 0 saturated heterocycles. The van der Waals surface area contributed by atoms with Gasteiger partial charge in [0.05, 0.1) is 6.61 Å². The molecule has 0 saturated carbocycles. The monoisotopic (exact) mass is 451 g/mol. The molecule has 3 rings (SSSR count). The van der Waals surface area contributed by atoms with E-state index in [2.05, 4.69) is 16.0 Å². The number of benzene rings is 2. The summed E-state index contributed by atoms with van der Waals surface area (Å²) in [6.45, 7) is 4.62. The van der Waals surface area contributed by atoms with Gasteiger partial charge < -0.3 is 25.1 Å². The minimum atomic E-state index is -0.779. The van der Waals surface area contributed by atoms with Gasteiger partial charge >= 0.3 is 5.63 Å². The summed E-state index contributed by atoms with van der Waals surface area (Å²) in [6.07, 6.45) is 0.385. The van der Waals surface area contributed by atoms with Gasteiger partial charge in [0, 0.05) is 36.1 Å². The molecule has 3 aromatic rings. The first kappa shape index (κ1) is 23.5. The van der Waals surface area contributed by atoms with Gasteiger partial charge in [0.15, 0.2) is 11.3 Å². The molecular formula is C24H25N3O6. The number of ether oxygens (including phenoxy) is 1.